The Bertz CT molecular complexity index is 745. The van der Waals surface area contributed by atoms with E-state index >= 15 is 0 Å². The van der Waals surface area contributed by atoms with Gasteiger partial charge in [-0.2, -0.15) is 5.01 Å². The van der Waals surface area contributed by atoms with Crippen LogP contribution in [-0.4, -0.2) is 35.3 Å². The number of carbonyl (C=O) groups excluding carboxylic acids is 4. The van der Waals surface area contributed by atoms with Crippen molar-refractivity contribution in [1.82, 2.24) is 21.1 Å². The van der Waals surface area contributed by atoms with Gasteiger partial charge in [-0.25, -0.2) is 4.79 Å². The number of amides is 5. The minimum absolute atomic E-state index is 0.0651. The minimum atomic E-state index is -1.25. The smallest absolute Gasteiger partial charge is 0.344 e. The summed E-state index contributed by atoms with van der Waals surface area (Å²) < 4.78 is 0. The van der Waals surface area contributed by atoms with E-state index in [9.17, 15) is 19.2 Å². The number of hydrogen-bond acceptors (Lipinski definition) is 4. The summed E-state index contributed by atoms with van der Waals surface area (Å²) in [5.41, 5.74) is 1.64. The number of urea groups is 1. The van der Waals surface area contributed by atoms with E-state index in [1.165, 1.54) is 0 Å². The third-order valence-electron chi connectivity index (χ3n) is 5.18. The molecule has 1 saturated heterocycles. The fourth-order valence-electron chi connectivity index (χ4n) is 3.55. The van der Waals surface area contributed by atoms with Gasteiger partial charge in [0.1, 0.15) is 5.54 Å². The molecule has 1 aliphatic carbocycles. The van der Waals surface area contributed by atoms with E-state index < -0.39 is 23.4 Å². The molecule has 0 spiro atoms. The number of hydrogen-bond donors (Lipinski definition) is 3. The van der Waals surface area contributed by atoms with Crippen LogP contribution in [0.3, 0.4) is 0 Å². The molecule has 2 aliphatic rings. The highest BCUT2D eigenvalue weighted by Crippen LogP contribution is 2.27. The maximum atomic E-state index is 12.7. The Hall–Kier alpha value is -2.90. The van der Waals surface area contributed by atoms with Gasteiger partial charge in [0, 0.05) is 5.92 Å². The monoisotopic (exact) mass is 372 g/mol. The molecule has 8 nitrogen and oxygen atoms in total. The molecule has 1 aromatic carbocycles. The van der Waals surface area contributed by atoms with Crippen LogP contribution >= 0.6 is 0 Å². The fraction of sp³-hybridized carbons (Fsp3) is 0.474. The van der Waals surface area contributed by atoms with Gasteiger partial charge in [0.2, 0.25) is 5.91 Å². The molecule has 27 heavy (non-hydrogen) atoms. The van der Waals surface area contributed by atoms with E-state index in [-0.39, 0.29) is 18.4 Å². The molecule has 3 rings (SSSR count). The molecule has 1 saturated carbocycles. The van der Waals surface area contributed by atoms with Gasteiger partial charge in [-0.05, 0) is 25.3 Å². The second kappa shape index (κ2) is 7.77. The summed E-state index contributed by atoms with van der Waals surface area (Å²) in [6.45, 7) is 1.30. The normalized spacial score (nSPS) is 23.1. The summed E-state index contributed by atoms with van der Waals surface area (Å²) in [6.07, 6.45) is 4.83. The number of nitrogens with one attached hydrogen (secondary N) is 3. The highest BCUT2D eigenvalue weighted by molar-refractivity contribution is 6.08. The maximum Gasteiger partial charge on any atom is 0.344 e. The van der Waals surface area contributed by atoms with Crippen LogP contribution in [0.4, 0.5) is 4.79 Å². The Morgan fingerprint density at radius 2 is 1.81 bits per heavy atom. The number of imide groups is 1. The van der Waals surface area contributed by atoms with Crippen molar-refractivity contribution in [2.45, 2.75) is 44.6 Å². The van der Waals surface area contributed by atoms with E-state index in [4.69, 9.17) is 0 Å². The first-order valence-electron chi connectivity index (χ1n) is 9.21. The van der Waals surface area contributed by atoms with Crippen LogP contribution in [0.25, 0.3) is 0 Å². The molecular formula is C19H24N4O4. The summed E-state index contributed by atoms with van der Waals surface area (Å²) in [5, 5.41) is 5.86. The zero-order valence-corrected chi connectivity index (χ0v) is 15.3. The summed E-state index contributed by atoms with van der Waals surface area (Å²) in [7, 11) is 0. The molecule has 144 valence electrons. The van der Waals surface area contributed by atoms with Crippen LogP contribution in [0, 0.1) is 5.92 Å². The van der Waals surface area contributed by atoms with Crippen LogP contribution < -0.4 is 16.1 Å². The molecule has 0 bridgehead atoms. The molecule has 8 heteroatoms. The van der Waals surface area contributed by atoms with Crippen molar-refractivity contribution < 1.29 is 19.2 Å². The van der Waals surface area contributed by atoms with Crippen molar-refractivity contribution in [2.24, 2.45) is 5.92 Å². The van der Waals surface area contributed by atoms with E-state index in [1.54, 1.807) is 31.2 Å². The van der Waals surface area contributed by atoms with Gasteiger partial charge in [-0.1, -0.05) is 49.6 Å². The van der Waals surface area contributed by atoms with E-state index in [0.717, 1.165) is 32.1 Å². The van der Waals surface area contributed by atoms with Crippen molar-refractivity contribution in [3.8, 4) is 0 Å². The Balaban J connectivity index is 1.57. The molecule has 2 fully saturated rings. The van der Waals surface area contributed by atoms with Crippen LogP contribution in [0.2, 0.25) is 0 Å². The van der Waals surface area contributed by atoms with Crippen molar-refractivity contribution in [2.75, 3.05) is 6.54 Å². The SMILES string of the molecule is C[C@]1(c2ccccc2)NC(=O)N(NC(=O)CNC(=O)C2CCCCC2)C1=O. The molecular weight excluding hydrogens is 348 g/mol. The van der Waals surface area contributed by atoms with Gasteiger partial charge in [-0.3, -0.25) is 19.8 Å². The second-order valence-corrected chi connectivity index (χ2v) is 7.15. The zero-order valence-electron chi connectivity index (χ0n) is 15.3. The van der Waals surface area contributed by atoms with Gasteiger partial charge in [0.25, 0.3) is 11.8 Å². The average Bonchev–Trinajstić information content (AvgIpc) is 2.91. The average molecular weight is 372 g/mol. The molecule has 1 aromatic rings. The lowest BCUT2D eigenvalue weighted by atomic mass is 9.89. The number of rotatable bonds is 5. The lowest BCUT2D eigenvalue weighted by Gasteiger charge is -2.22. The standard InChI is InChI=1S/C19H24N4O4/c1-19(14-10-6-3-7-11-14)17(26)23(18(27)21-19)22-15(24)12-20-16(25)13-8-4-2-5-9-13/h3,6-7,10-11,13H,2,4-5,8-9,12H2,1H3,(H,20,25)(H,21,27)(H,22,24)/t19-/m1/s1. The highest BCUT2D eigenvalue weighted by Gasteiger charge is 2.49. The summed E-state index contributed by atoms with van der Waals surface area (Å²) in [5.74, 6) is -1.42. The Kier molecular flexibility index (Phi) is 5.43. The van der Waals surface area contributed by atoms with Crippen LogP contribution in [-0.2, 0) is 19.9 Å². The molecule has 1 atom stereocenters. The molecule has 1 aliphatic heterocycles. The van der Waals surface area contributed by atoms with Crippen LogP contribution in [0.5, 0.6) is 0 Å². The minimum Gasteiger partial charge on any atom is -0.347 e. The topological polar surface area (TPSA) is 108 Å². The van der Waals surface area contributed by atoms with E-state index in [0.29, 0.717) is 10.6 Å². The predicted octanol–water partition coefficient (Wildman–Crippen LogP) is 1.18. The zero-order chi connectivity index (χ0) is 19.4. The third-order valence-corrected chi connectivity index (χ3v) is 5.18. The van der Waals surface area contributed by atoms with Gasteiger partial charge in [-0.15, -0.1) is 0 Å². The van der Waals surface area contributed by atoms with Gasteiger partial charge < -0.3 is 10.6 Å². The van der Waals surface area contributed by atoms with Crippen molar-refractivity contribution in [3.63, 3.8) is 0 Å². The number of carbonyl (C=O) groups is 4. The predicted molar refractivity (Wildman–Crippen MR) is 96.9 cm³/mol. The van der Waals surface area contributed by atoms with Crippen molar-refractivity contribution >= 4 is 23.8 Å². The summed E-state index contributed by atoms with van der Waals surface area (Å²) in [6, 6.07) is 8.09. The Morgan fingerprint density at radius 3 is 2.48 bits per heavy atom. The fourth-order valence-corrected chi connectivity index (χ4v) is 3.55. The lowest BCUT2D eigenvalue weighted by molar-refractivity contribution is -0.139. The Morgan fingerprint density at radius 1 is 1.15 bits per heavy atom. The second-order valence-electron chi connectivity index (χ2n) is 7.15. The van der Waals surface area contributed by atoms with Crippen molar-refractivity contribution in [1.29, 1.82) is 0 Å². The van der Waals surface area contributed by atoms with Crippen molar-refractivity contribution in [3.05, 3.63) is 35.9 Å². The quantitative estimate of drug-likeness (QED) is 0.675. The highest BCUT2D eigenvalue weighted by atomic mass is 16.2. The molecule has 0 unspecified atom stereocenters. The first-order chi connectivity index (χ1) is 12.9. The largest absolute Gasteiger partial charge is 0.347 e. The van der Waals surface area contributed by atoms with Gasteiger partial charge in [0.15, 0.2) is 0 Å². The first-order valence-corrected chi connectivity index (χ1v) is 9.21. The Labute approximate surface area is 157 Å². The van der Waals surface area contributed by atoms with Gasteiger partial charge in [0.05, 0.1) is 6.54 Å². The molecule has 0 radical (unpaired) electrons. The van der Waals surface area contributed by atoms with E-state index in [2.05, 4.69) is 16.1 Å². The molecule has 5 amide bonds. The third kappa shape index (κ3) is 3.94. The number of benzene rings is 1. The number of nitrogens with zero attached hydrogens (tertiary/aromatic N) is 1. The van der Waals surface area contributed by atoms with E-state index in [1.807, 2.05) is 6.07 Å². The number of hydrazine groups is 1. The summed E-state index contributed by atoms with van der Waals surface area (Å²) in [4.78, 5) is 49.1. The summed E-state index contributed by atoms with van der Waals surface area (Å²) >= 11 is 0. The molecule has 3 N–H and O–H groups in total. The van der Waals surface area contributed by atoms with Gasteiger partial charge >= 0.3 is 6.03 Å². The van der Waals surface area contributed by atoms with Crippen LogP contribution in [0.1, 0.15) is 44.6 Å². The van der Waals surface area contributed by atoms with Crippen LogP contribution in [0.15, 0.2) is 30.3 Å². The first kappa shape index (κ1) is 18.9. The molecule has 0 aromatic heterocycles. The maximum absolute atomic E-state index is 12.7. The lowest BCUT2D eigenvalue weighted by Crippen LogP contribution is -2.51. The molecule has 1 heterocycles.